The summed E-state index contributed by atoms with van der Waals surface area (Å²) in [5.41, 5.74) is -0.159. The number of nitro groups is 1. The molecular formula is C14H20FN3O3. The fourth-order valence-corrected chi connectivity index (χ4v) is 2.36. The Bertz CT molecular complexity index is 492. The smallest absolute Gasteiger partial charge is 0.305 e. The number of halogens is 1. The van der Waals surface area contributed by atoms with Crippen LogP contribution in [0.3, 0.4) is 0 Å². The highest BCUT2D eigenvalue weighted by Gasteiger charge is 2.18. The average molecular weight is 297 g/mol. The molecule has 1 unspecified atom stereocenters. The van der Waals surface area contributed by atoms with E-state index in [-0.39, 0.29) is 12.6 Å². The maximum absolute atomic E-state index is 13.9. The highest BCUT2D eigenvalue weighted by molar-refractivity contribution is 5.36. The molecule has 21 heavy (non-hydrogen) atoms. The van der Waals surface area contributed by atoms with Crippen molar-refractivity contribution in [2.24, 2.45) is 0 Å². The van der Waals surface area contributed by atoms with Crippen LogP contribution in [0.2, 0.25) is 0 Å². The van der Waals surface area contributed by atoms with Gasteiger partial charge in [-0.15, -0.1) is 0 Å². The van der Waals surface area contributed by atoms with Gasteiger partial charge in [0.2, 0.25) is 5.82 Å². The number of benzene rings is 1. The SMILES string of the molecule is CC(CN1CCOCC1)NCc1cccc([N+](=O)[O-])c1F. The molecule has 116 valence electrons. The van der Waals surface area contributed by atoms with Gasteiger partial charge in [0.1, 0.15) is 0 Å². The van der Waals surface area contributed by atoms with Crippen LogP contribution in [-0.4, -0.2) is 48.7 Å². The second kappa shape index (κ2) is 7.44. The third-order valence-corrected chi connectivity index (χ3v) is 3.53. The zero-order valence-electron chi connectivity index (χ0n) is 12.0. The van der Waals surface area contributed by atoms with Crippen molar-refractivity contribution in [3.05, 3.63) is 39.7 Å². The predicted molar refractivity (Wildman–Crippen MR) is 76.6 cm³/mol. The lowest BCUT2D eigenvalue weighted by molar-refractivity contribution is -0.387. The Morgan fingerprint density at radius 2 is 2.19 bits per heavy atom. The molecule has 0 radical (unpaired) electrons. The normalized spacial score (nSPS) is 17.6. The number of nitrogens with one attached hydrogen (secondary N) is 1. The monoisotopic (exact) mass is 297 g/mol. The van der Waals surface area contributed by atoms with Gasteiger partial charge in [0.15, 0.2) is 0 Å². The Labute approximate surface area is 123 Å². The van der Waals surface area contributed by atoms with Crippen molar-refractivity contribution >= 4 is 5.69 Å². The minimum atomic E-state index is -0.756. The van der Waals surface area contributed by atoms with Crippen LogP contribution in [0.4, 0.5) is 10.1 Å². The van der Waals surface area contributed by atoms with Gasteiger partial charge in [-0.3, -0.25) is 15.0 Å². The number of hydrogen-bond donors (Lipinski definition) is 1. The quantitative estimate of drug-likeness (QED) is 0.637. The van der Waals surface area contributed by atoms with Crippen molar-refractivity contribution in [3.8, 4) is 0 Å². The molecule has 0 aliphatic carbocycles. The van der Waals surface area contributed by atoms with E-state index >= 15 is 0 Å². The summed E-state index contributed by atoms with van der Waals surface area (Å²) in [5.74, 6) is -0.756. The molecule has 0 spiro atoms. The fraction of sp³-hybridized carbons (Fsp3) is 0.571. The van der Waals surface area contributed by atoms with Gasteiger partial charge in [-0.05, 0) is 6.92 Å². The van der Waals surface area contributed by atoms with Crippen molar-refractivity contribution in [3.63, 3.8) is 0 Å². The molecule has 6 nitrogen and oxygen atoms in total. The number of hydrogen-bond acceptors (Lipinski definition) is 5. The predicted octanol–water partition coefficient (Wildman–Crippen LogP) is 1.54. The number of morpholine rings is 1. The van der Waals surface area contributed by atoms with E-state index < -0.39 is 16.4 Å². The Morgan fingerprint density at radius 1 is 1.48 bits per heavy atom. The molecular weight excluding hydrogens is 277 g/mol. The third-order valence-electron chi connectivity index (χ3n) is 3.53. The first-order chi connectivity index (χ1) is 10.1. The van der Waals surface area contributed by atoms with E-state index in [1.165, 1.54) is 12.1 Å². The van der Waals surface area contributed by atoms with E-state index in [0.717, 1.165) is 32.8 Å². The van der Waals surface area contributed by atoms with Crippen molar-refractivity contribution in [1.29, 1.82) is 0 Å². The molecule has 1 N–H and O–H groups in total. The van der Waals surface area contributed by atoms with Crippen molar-refractivity contribution in [2.75, 3.05) is 32.8 Å². The first-order valence-corrected chi connectivity index (χ1v) is 7.03. The topological polar surface area (TPSA) is 67.6 Å². The van der Waals surface area contributed by atoms with Gasteiger partial charge in [0, 0.05) is 43.9 Å². The molecule has 1 atom stereocenters. The molecule has 1 saturated heterocycles. The second-order valence-electron chi connectivity index (χ2n) is 5.20. The van der Waals surface area contributed by atoms with Crippen LogP contribution in [-0.2, 0) is 11.3 Å². The van der Waals surface area contributed by atoms with Crippen LogP contribution in [0.15, 0.2) is 18.2 Å². The van der Waals surface area contributed by atoms with Gasteiger partial charge >= 0.3 is 5.69 Å². The second-order valence-corrected chi connectivity index (χ2v) is 5.20. The highest BCUT2D eigenvalue weighted by atomic mass is 19.1. The Hall–Kier alpha value is -1.57. The zero-order valence-corrected chi connectivity index (χ0v) is 12.0. The summed E-state index contributed by atoms with van der Waals surface area (Å²) < 4.78 is 19.2. The Morgan fingerprint density at radius 3 is 2.86 bits per heavy atom. The molecule has 1 aliphatic heterocycles. The summed E-state index contributed by atoms with van der Waals surface area (Å²) >= 11 is 0. The van der Waals surface area contributed by atoms with Crippen LogP contribution < -0.4 is 5.32 Å². The lowest BCUT2D eigenvalue weighted by atomic mass is 10.1. The summed E-state index contributed by atoms with van der Waals surface area (Å²) in [6, 6.07) is 4.42. The summed E-state index contributed by atoms with van der Waals surface area (Å²) in [6.45, 7) is 6.43. The van der Waals surface area contributed by atoms with Crippen LogP contribution in [0, 0.1) is 15.9 Å². The average Bonchev–Trinajstić information content (AvgIpc) is 2.47. The van der Waals surface area contributed by atoms with Gasteiger partial charge in [-0.1, -0.05) is 12.1 Å². The van der Waals surface area contributed by atoms with Gasteiger partial charge in [-0.25, -0.2) is 0 Å². The largest absolute Gasteiger partial charge is 0.379 e. The summed E-state index contributed by atoms with van der Waals surface area (Å²) in [6.07, 6.45) is 0. The van der Waals surface area contributed by atoms with E-state index in [2.05, 4.69) is 10.2 Å². The minimum Gasteiger partial charge on any atom is -0.379 e. The molecule has 1 aromatic rings. The van der Waals surface area contributed by atoms with Crippen LogP contribution in [0.5, 0.6) is 0 Å². The van der Waals surface area contributed by atoms with Crippen LogP contribution in [0.1, 0.15) is 12.5 Å². The van der Waals surface area contributed by atoms with E-state index in [4.69, 9.17) is 4.74 Å². The van der Waals surface area contributed by atoms with E-state index in [0.29, 0.717) is 5.56 Å². The Balaban J connectivity index is 1.87. The lowest BCUT2D eigenvalue weighted by Crippen LogP contribution is -2.44. The summed E-state index contributed by atoms with van der Waals surface area (Å²) in [4.78, 5) is 12.3. The highest BCUT2D eigenvalue weighted by Crippen LogP contribution is 2.20. The standard InChI is InChI=1S/C14H20FN3O3/c1-11(10-17-5-7-21-8-6-17)16-9-12-3-2-4-13(14(12)15)18(19)20/h2-4,11,16H,5-10H2,1H3. The van der Waals surface area contributed by atoms with E-state index in [1.807, 2.05) is 6.92 Å². The maximum Gasteiger partial charge on any atom is 0.305 e. The van der Waals surface area contributed by atoms with Crippen molar-refractivity contribution < 1.29 is 14.1 Å². The summed E-state index contributed by atoms with van der Waals surface area (Å²) in [5, 5.41) is 13.9. The van der Waals surface area contributed by atoms with Gasteiger partial charge in [-0.2, -0.15) is 4.39 Å². The Kier molecular flexibility index (Phi) is 5.60. The molecule has 0 bridgehead atoms. The number of nitro benzene ring substituents is 1. The molecule has 1 heterocycles. The van der Waals surface area contributed by atoms with Gasteiger partial charge in [0.25, 0.3) is 0 Å². The van der Waals surface area contributed by atoms with Crippen molar-refractivity contribution in [2.45, 2.75) is 19.5 Å². The lowest BCUT2D eigenvalue weighted by Gasteiger charge is -2.29. The molecule has 0 saturated carbocycles. The minimum absolute atomic E-state index is 0.168. The first kappa shape index (κ1) is 15.8. The van der Waals surface area contributed by atoms with Gasteiger partial charge in [0.05, 0.1) is 18.1 Å². The zero-order chi connectivity index (χ0) is 15.2. The van der Waals surface area contributed by atoms with E-state index in [1.54, 1.807) is 6.07 Å². The number of ether oxygens (including phenoxy) is 1. The molecule has 0 aromatic heterocycles. The van der Waals surface area contributed by atoms with Crippen LogP contribution in [0.25, 0.3) is 0 Å². The fourth-order valence-electron chi connectivity index (χ4n) is 2.36. The molecule has 1 aliphatic rings. The molecule has 0 amide bonds. The van der Waals surface area contributed by atoms with Gasteiger partial charge < -0.3 is 10.1 Å². The molecule has 1 fully saturated rings. The number of rotatable bonds is 6. The first-order valence-electron chi connectivity index (χ1n) is 7.03. The number of nitrogens with zero attached hydrogens (tertiary/aromatic N) is 2. The maximum atomic E-state index is 13.9. The van der Waals surface area contributed by atoms with Crippen molar-refractivity contribution in [1.82, 2.24) is 10.2 Å². The third kappa shape index (κ3) is 4.45. The molecule has 2 rings (SSSR count). The molecule has 1 aromatic carbocycles. The van der Waals surface area contributed by atoms with E-state index in [9.17, 15) is 14.5 Å². The summed E-state index contributed by atoms with van der Waals surface area (Å²) in [7, 11) is 0. The van der Waals surface area contributed by atoms with Crippen LogP contribution >= 0.6 is 0 Å². The molecule has 7 heteroatoms.